The van der Waals surface area contributed by atoms with Gasteiger partial charge >= 0.3 is 0 Å². The summed E-state index contributed by atoms with van der Waals surface area (Å²) in [4.78, 5) is 26.3. The number of carbonyl (C=O) groups excluding carboxylic acids is 2. The topological polar surface area (TPSA) is 79.0 Å². The van der Waals surface area contributed by atoms with Gasteiger partial charge in [-0.3, -0.25) is 14.3 Å². The van der Waals surface area contributed by atoms with Crippen LogP contribution in [0.5, 0.6) is 0 Å². The molecule has 0 saturated heterocycles. The fraction of sp³-hybridized carbons (Fsp3) is 0.182. The molecular formula is C22H17ClN4O2. The molecule has 29 heavy (non-hydrogen) atoms. The van der Waals surface area contributed by atoms with Crippen LogP contribution in [0, 0.1) is 11.3 Å². The van der Waals surface area contributed by atoms with Gasteiger partial charge in [0.25, 0.3) is 5.91 Å². The summed E-state index contributed by atoms with van der Waals surface area (Å²) in [5.41, 5.74) is 3.67. The molecule has 1 atom stereocenters. The quantitative estimate of drug-likeness (QED) is 0.613. The molecule has 0 saturated carbocycles. The van der Waals surface area contributed by atoms with E-state index < -0.39 is 0 Å². The highest BCUT2D eigenvalue weighted by Gasteiger charge is 2.31. The predicted octanol–water partition coefficient (Wildman–Crippen LogP) is 4.10. The Morgan fingerprint density at radius 3 is 2.69 bits per heavy atom. The van der Waals surface area contributed by atoms with Gasteiger partial charge in [0.2, 0.25) is 0 Å². The van der Waals surface area contributed by atoms with Crippen molar-refractivity contribution in [2.24, 2.45) is 0 Å². The lowest BCUT2D eigenvalue weighted by atomic mass is 10.0. The van der Waals surface area contributed by atoms with E-state index in [1.54, 1.807) is 46.0 Å². The zero-order chi connectivity index (χ0) is 20.5. The highest BCUT2D eigenvalue weighted by atomic mass is 35.5. The molecule has 0 spiro atoms. The smallest absolute Gasteiger partial charge is 0.272 e. The van der Waals surface area contributed by atoms with Crippen LogP contribution in [0.2, 0.25) is 5.02 Å². The number of benzene rings is 2. The molecule has 144 valence electrons. The maximum Gasteiger partial charge on any atom is 0.272 e. The highest BCUT2D eigenvalue weighted by Crippen LogP contribution is 2.29. The van der Waals surface area contributed by atoms with Crippen molar-refractivity contribution in [2.75, 3.05) is 6.54 Å². The summed E-state index contributed by atoms with van der Waals surface area (Å²) in [5.74, 6) is -0.118. The number of halogens is 1. The van der Waals surface area contributed by atoms with Crippen molar-refractivity contribution in [1.82, 2.24) is 14.7 Å². The minimum atomic E-state index is -0.118. The van der Waals surface area contributed by atoms with Crippen LogP contribution < -0.4 is 0 Å². The van der Waals surface area contributed by atoms with Gasteiger partial charge in [-0.05, 0) is 42.8 Å². The van der Waals surface area contributed by atoms with Crippen molar-refractivity contribution in [3.8, 4) is 17.3 Å². The Morgan fingerprint density at radius 2 is 2.00 bits per heavy atom. The van der Waals surface area contributed by atoms with E-state index >= 15 is 0 Å². The molecule has 6 nitrogen and oxygen atoms in total. The molecule has 7 heteroatoms. The van der Waals surface area contributed by atoms with Gasteiger partial charge in [-0.15, -0.1) is 0 Å². The molecule has 0 fully saturated rings. The van der Waals surface area contributed by atoms with Crippen LogP contribution in [0.15, 0.2) is 48.5 Å². The highest BCUT2D eigenvalue weighted by molar-refractivity contribution is 6.31. The first kappa shape index (κ1) is 18.9. The molecule has 1 aromatic heterocycles. The summed E-state index contributed by atoms with van der Waals surface area (Å²) in [6, 6.07) is 16.0. The second-order valence-electron chi connectivity index (χ2n) is 7.05. The summed E-state index contributed by atoms with van der Waals surface area (Å²) >= 11 is 5.98. The number of aromatic nitrogens is 2. The van der Waals surface area contributed by atoms with Gasteiger partial charge in [-0.1, -0.05) is 29.8 Å². The van der Waals surface area contributed by atoms with E-state index in [0.717, 1.165) is 11.8 Å². The minimum Gasteiger partial charge on any atom is -0.331 e. The summed E-state index contributed by atoms with van der Waals surface area (Å²) < 4.78 is 1.72. The van der Waals surface area contributed by atoms with E-state index in [1.807, 2.05) is 19.1 Å². The van der Waals surface area contributed by atoms with Gasteiger partial charge in [-0.25, -0.2) is 0 Å². The Bertz CT molecular complexity index is 1140. The average molecular weight is 405 g/mol. The number of carbonyl (C=O) groups is 2. The van der Waals surface area contributed by atoms with Gasteiger partial charge in [0.15, 0.2) is 6.29 Å². The Kier molecular flexibility index (Phi) is 4.91. The lowest BCUT2D eigenvalue weighted by molar-refractivity contribution is 0.0651. The van der Waals surface area contributed by atoms with Crippen LogP contribution >= 0.6 is 11.6 Å². The monoisotopic (exact) mass is 404 g/mol. The summed E-state index contributed by atoms with van der Waals surface area (Å²) in [7, 11) is 0. The molecule has 0 N–H and O–H groups in total. The summed E-state index contributed by atoms with van der Waals surface area (Å²) in [6.07, 6.45) is 0.738. The standard InChI is InChI=1S/C22H17ClN4O2/c1-14-11-26(12-16-4-2-15(10-24)3-5-16)22(29)21-9-20(25-27(14)21)19-7-6-18(23)8-17(19)13-28/h2-9,13-14H,11-12H2,1H3/t14-/m0/s1. The maximum absolute atomic E-state index is 13.1. The molecule has 0 unspecified atom stereocenters. The van der Waals surface area contributed by atoms with Crippen LogP contribution in [0.25, 0.3) is 11.3 Å². The van der Waals surface area contributed by atoms with Gasteiger partial charge in [0.05, 0.1) is 23.4 Å². The number of fused-ring (bicyclic) bond motifs is 1. The second kappa shape index (κ2) is 7.53. The molecule has 0 radical (unpaired) electrons. The normalized spacial score (nSPS) is 15.7. The largest absolute Gasteiger partial charge is 0.331 e. The Morgan fingerprint density at radius 1 is 1.24 bits per heavy atom. The number of amides is 1. The van der Waals surface area contributed by atoms with Crippen molar-refractivity contribution in [2.45, 2.75) is 19.5 Å². The minimum absolute atomic E-state index is 0.0122. The molecule has 4 rings (SSSR count). The van der Waals surface area contributed by atoms with Gasteiger partial charge in [0.1, 0.15) is 5.69 Å². The predicted molar refractivity (Wildman–Crippen MR) is 109 cm³/mol. The van der Waals surface area contributed by atoms with Crippen LogP contribution in [-0.2, 0) is 6.54 Å². The summed E-state index contributed by atoms with van der Waals surface area (Å²) in [6.45, 7) is 2.98. The Labute approximate surface area is 172 Å². The number of nitriles is 1. The number of hydrogen-bond donors (Lipinski definition) is 0. The van der Waals surface area contributed by atoms with E-state index in [2.05, 4.69) is 11.2 Å². The van der Waals surface area contributed by atoms with E-state index in [4.69, 9.17) is 16.9 Å². The fourth-order valence-corrected chi connectivity index (χ4v) is 3.75. The zero-order valence-corrected chi connectivity index (χ0v) is 16.4. The lowest BCUT2D eigenvalue weighted by Crippen LogP contribution is -2.41. The van der Waals surface area contributed by atoms with E-state index in [0.29, 0.717) is 46.2 Å². The maximum atomic E-state index is 13.1. The van der Waals surface area contributed by atoms with Gasteiger partial charge in [-0.2, -0.15) is 10.4 Å². The van der Waals surface area contributed by atoms with Gasteiger partial charge < -0.3 is 4.90 Å². The van der Waals surface area contributed by atoms with Crippen molar-refractivity contribution in [3.63, 3.8) is 0 Å². The fourth-order valence-electron chi connectivity index (χ4n) is 3.57. The Balaban J connectivity index is 1.65. The first-order valence-corrected chi connectivity index (χ1v) is 9.51. The van der Waals surface area contributed by atoms with Gasteiger partial charge in [0, 0.05) is 29.2 Å². The molecule has 1 aliphatic heterocycles. The second-order valence-corrected chi connectivity index (χ2v) is 7.49. The first-order chi connectivity index (χ1) is 14.0. The molecular weight excluding hydrogens is 388 g/mol. The Hall–Kier alpha value is -3.43. The van der Waals surface area contributed by atoms with Crippen molar-refractivity contribution >= 4 is 23.8 Å². The molecule has 2 heterocycles. The number of hydrogen-bond acceptors (Lipinski definition) is 4. The molecule has 1 aliphatic rings. The summed E-state index contributed by atoms with van der Waals surface area (Å²) in [5, 5.41) is 14.0. The third-order valence-electron chi connectivity index (χ3n) is 5.02. The molecule has 1 amide bonds. The number of nitrogens with zero attached hydrogens (tertiary/aromatic N) is 4. The third kappa shape index (κ3) is 3.53. The van der Waals surface area contributed by atoms with Crippen molar-refractivity contribution in [1.29, 1.82) is 5.26 Å². The van der Waals surface area contributed by atoms with E-state index in [9.17, 15) is 9.59 Å². The van der Waals surface area contributed by atoms with Crippen molar-refractivity contribution < 1.29 is 9.59 Å². The van der Waals surface area contributed by atoms with E-state index in [1.165, 1.54) is 0 Å². The van der Waals surface area contributed by atoms with Crippen LogP contribution in [0.1, 0.15) is 44.9 Å². The molecule has 0 aliphatic carbocycles. The average Bonchev–Trinajstić information content (AvgIpc) is 3.18. The van der Waals surface area contributed by atoms with Crippen molar-refractivity contribution in [3.05, 3.63) is 75.9 Å². The SMILES string of the molecule is C[C@H]1CN(Cc2ccc(C#N)cc2)C(=O)c2cc(-c3ccc(Cl)cc3C=O)nn21. The lowest BCUT2D eigenvalue weighted by Gasteiger charge is -2.31. The molecule has 2 aromatic carbocycles. The molecule has 3 aromatic rings. The number of aldehydes is 1. The van der Waals surface area contributed by atoms with E-state index in [-0.39, 0.29) is 11.9 Å². The first-order valence-electron chi connectivity index (χ1n) is 9.13. The third-order valence-corrected chi connectivity index (χ3v) is 5.25. The van der Waals surface area contributed by atoms with Crippen LogP contribution in [-0.4, -0.2) is 33.4 Å². The number of rotatable bonds is 4. The van der Waals surface area contributed by atoms with Crippen LogP contribution in [0.3, 0.4) is 0 Å². The molecule has 0 bridgehead atoms. The van der Waals surface area contributed by atoms with Crippen LogP contribution in [0.4, 0.5) is 0 Å². The zero-order valence-electron chi connectivity index (χ0n) is 15.7.